The Hall–Kier alpha value is -1.81. The van der Waals surface area contributed by atoms with Gasteiger partial charge in [0.1, 0.15) is 11.6 Å². The minimum Gasteiger partial charge on any atom is -0.508 e. The average Bonchev–Trinajstić information content (AvgIpc) is 2.80. The Morgan fingerprint density at radius 1 is 1.19 bits per heavy atom. The zero-order valence-electron chi connectivity index (χ0n) is 12.1. The lowest BCUT2D eigenvalue weighted by Crippen LogP contribution is -1.99. The quantitative estimate of drug-likeness (QED) is 0.734. The number of fused-ring (bicyclic) bond motifs is 1. The smallest absolute Gasteiger partial charge is 0.141 e. The van der Waals surface area contributed by atoms with Gasteiger partial charge in [-0.2, -0.15) is 0 Å². The van der Waals surface area contributed by atoms with Crippen LogP contribution in [-0.2, 0) is 6.54 Å². The Kier molecular flexibility index (Phi) is 3.72. The van der Waals surface area contributed by atoms with E-state index in [1.54, 1.807) is 6.07 Å². The van der Waals surface area contributed by atoms with Crippen LogP contribution in [0.15, 0.2) is 40.9 Å². The second-order valence-electron chi connectivity index (χ2n) is 5.22. The minimum atomic E-state index is 0.319. The Bertz CT molecular complexity index is 808. The van der Waals surface area contributed by atoms with E-state index in [0.717, 1.165) is 45.4 Å². The van der Waals surface area contributed by atoms with Crippen LogP contribution in [0.25, 0.3) is 22.4 Å². The van der Waals surface area contributed by atoms with Crippen LogP contribution in [0.3, 0.4) is 0 Å². The van der Waals surface area contributed by atoms with Crippen LogP contribution in [-0.4, -0.2) is 14.7 Å². The van der Waals surface area contributed by atoms with Gasteiger partial charge in [0.25, 0.3) is 0 Å². The molecule has 3 nitrogen and oxygen atoms in total. The van der Waals surface area contributed by atoms with Crippen molar-refractivity contribution in [2.75, 3.05) is 0 Å². The van der Waals surface area contributed by atoms with Crippen molar-refractivity contribution in [3.63, 3.8) is 0 Å². The van der Waals surface area contributed by atoms with Gasteiger partial charge in [-0.3, -0.25) is 0 Å². The standard InChI is InChI=1S/C17H17BrN2O/c1-3-8-20-15-6-5-13(18)10-14(15)19-17(20)12-4-7-16(21)11(2)9-12/h4-7,9-10,21H,3,8H2,1-2H3. The third-order valence-electron chi connectivity index (χ3n) is 3.61. The third kappa shape index (κ3) is 2.56. The number of aromatic nitrogens is 2. The van der Waals surface area contributed by atoms with Crippen molar-refractivity contribution in [1.29, 1.82) is 0 Å². The fraction of sp³-hybridized carbons (Fsp3) is 0.235. The molecule has 1 aromatic heterocycles. The summed E-state index contributed by atoms with van der Waals surface area (Å²) in [6.45, 7) is 4.99. The van der Waals surface area contributed by atoms with Crippen molar-refractivity contribution >= 4 is 27.0 Å². The highest BCUT2D eigenvalue weighted by Gasteiger charge is 2.13. The van der Waals surface area contributed by atoms with Gasteiger partial charge in [0.15, 0.2) is 0 Å². The molecule has 0 saturated heterocycles. The van der Waals surface area contributed by atoms with Crippen molar-refractivity contribution in [2.45, 2.75) is 26.8 Å². The topological polar surface area (TPSA) is 38.0 Å². The van der Waals surface area contributed by atoms with E-state index in [2.05, 4.69) is 33.5 Å². The molecule has 2 aromatic carbocycles. The van der Waals surface area contributed by atoms with Crippen molar-refractivity contribution < 1.29 is 5.11 Å². The predicted octanol–water partition coefficient (Wildman–Crippen LogP) is 4.89. The van der Waals surface area contributed by atoms with Gasteiger partial charge in [0.2, 0.25) is 0 Å². The molecule has 0 radical (unpaired) electrons. The number of hydrogen-bond donors (Lipinski definition) is 1. The molecule has 1 N–H and O–H groups in total. The van der Waals surface area contributed by atoms with E-state index in [9.17, 15) is 5.11 Å². The Labute approximate surface area is 132 Å². The number of phenolic OH excluding ortho intramolecular Hbond substituents is 1. The monoisotopic (exact) mass is 344 g/mol. The number of nitrogens with zero attached hydrogens (tertiary/aromatic N) is 2. The first-order chi connectivity index (χ1) is 10.1. The fourth-order valence-electron chi connectivity index (χ4n) is 2.57. The molecule has 0 saturated carbocycles. The van der Waals surface area contributed by atoms with Gasteiger partial charge in [-0.1, -0.05) is 22.9 Å². The summed E-state index contributed by atoms with van der Waals surface area (Å²) in [5.74, 6) is 1.27. The van der Waals surface area contributed by atoms with E-state index >= 15 is 0 Å². The second kappa shape index (κ2) is 5.53. The van der Waals surface area contributed by atoms with Gasteiger partial charge in [-0.15, -0.1) is 0 Å². The first-order valence-electron chi connectivity index (χ1n) is 7.06. The van der Waals surface area contributed by atoms with Crippen molar-refractivity contribution in [3.05, 3.63) is 46.4 Å². The third-order valence-corrected chi connectivity index (χ3v) is 4.11. The lowest BCUT2D eigenvalue weighted by molar-refractivity contribution is 0.471. The molecule has 0 unspecified atom stereocenters. The Morgan fingerprint density at radius 3 is 2.71 bits per heavy atom. The Balaban J connectivity index is 2.24. The molecule has 4 heteroatoms. The number of halogens is 1. The van der Waals surface area contributed by atoms with Gasteiger partial charge >= 0.3 is 0 Å². The van der Waals surface area contributed by atoms with Gasteiger partial charge in [-0.05, 0) is 55.3 Å². The summed E-state index contributed by atoms with van der Waals surface area (Å²) in [6, 6.07) is 11.8. The highest BCUT2D eigenvalue weighted by atomic mass is 79.9. The summed E-state index contributed by atoms with van der Waals surface area (Å²) in [4.78, 5) is 4.78. The maximum Gasteiger partial charge on any atom is 0.141 e. The zero-order chi connectivity index (χ0) is 15.0. The highest BCUT2D eigenvalue weighted by Crippen LogP contribution is 2.29. The number of hydrogen-bond acceptors (Lipinski definition) is 2. The number of imidazole rings is 1. The summed E-state index contributed by atoms with van der Waals surface area (Å²) >= 11 is 3.50. The van der Waals surface area contributed by atoms with Crippen LogP contribution in [0.4, 0.5) is 0 Å². The molecule has 108 valence electrons. The number of benzene rings is 2. The zero-order valence-corrected chi connectivity index (χ0v) is 13.7. The highest BCUT2D eigenvalue weighted by molar-refractivity contribution is 9.10. The number of aromatic hydroxyl groups is 1. The van der Waals surface area contributed by atoms with Gasteiger partial charge in [0, 0.05) is 16.6 Å². The molecule has 3 aromatic rings. The first-order valence-corrected chi connectivity index (χ1v) is 7.85. The van der Waals surface area contributed by atoms with Crippen LogP contribution in [0.5, 0.6) is 5.75 Å². The Morgan fingerprint density at radius 2 is 2.00 bits per heavy atom. The van der Waals surface area contributed by atoms with Crippen molar-refractivity contribution in [1.82, 2.24) is 9.55 Å². The van der Waals surface area contributed by atoms with Gasteiger partial charge in [0.05, 0.1) is 11.0 Å². The first kappa shape index (κ1) is 14.1. The number of aryl methyl sites for hydroxylation is 2. The molecular weight excluding hydrogens is 328 g/mol. The molecule has 0 aliphatic rings. The normalized spacial score (nSPS) is 11.2. The van der Waals surface area contributed by atoms with E-state index in [4.69, 9.17) is 4.98 Å². The average molecular weight is 345 g/mol. The van der Waals surface area contributed by atoms with Crippen LogP contribution in [0.2, 0.25) is 0 Å². The van der Waals surface area contributed by atoms with E-state index < -0.39 is 0 Å². The fourth-order valence-corrected chi connectivity index (χ4v) is 2.92. The maximum atomic E-state index is 9.71. The summed E-state index contributed by atoms with van der Waals surface area (Å²) < 4.78 is 3.28. The molecule has 1 heterocycles. The molecule has 0 bridgehead atoms. The SMILES string of the molecule is CCCn1c(-c2ccc(O)c(C)c2)nc2cc(Br)ccc21. The summed E-state index contributed by atoms with van der Waals surface area (Å²) in [5.41, 5.74) is 4.02. The van der Waals surface area contributed by atoms with E-state index in [-0.39, 0.29) is 0 Å². The molecule has 21 heavy (non-hydrogen) atoms. The lowest BCUT2D eigenvalue weighted by Gasteiger charge is -2.09. The van der Waals surface area contributed by atoms with Crippen LogP contribution in [0, 0.1) is 6.92 Å². The van der Waals surface area contributed by atoms with E-state index in [0.29, 0.717) is 5.75 Å². The molecule has 0 aliphatic carbocycles. The number of phenols is 1. The summed E-state index contributed by atoms with van der Waals surface area (Å²) in [7, 11) is 0. The number of rotatable bonds is 3. The molecule has 3 rings (SSSR count). The van der Waals surface area contributed by atoms with Crippen LogP contribution >= 0.6 is 15.9 Å². The molecule has 0 spiro atoms. The van der Waals surface area contributed by atoms with Crippen molar-refractivity contribution in [2.24, 2.45) is 0 Å². The van der Waals surface area contributed by atoms with Gasteiger partial charge < -0.3 is 9.67 Å². The minimum absolute atomic E-state index is 0.319. The predicted molar refractivity (Wildman–Crippen MR) is 89.6 cm³/mol. The molecule has 0 fully saturated rings. The van der Waals surface area contributed by atoms with Crippen LogP contribution < -0.4 is 0 Å². The molecule has 0 aliphatic heterocycles. The summed E-state index contributed by atoms with van der Waals surface area (Å²) in [5, 5.41) is 9.71. The van der Waals surface area contributed by atoms with Crippen LogP contribution in [0.1, 0.15) is 18.9 Å². The van der Waals surface area contributed by atoms with Crippen molar-refractivity contribution in [3.8, 4) is 17.1 Å². The van der Waals surface area contributed by atoms with E-state index in [1.165, 1.54) is 0 Å². The molecule has 0 atom stereocenters. The maximum absolute atomic E-state index is 9.71. The largest absolute Gasteiger partial charge is 0.508 e. The second-order valence-corrected chi connectivity index (χ2v) is 6.14. The lowest BCUT2D eigenvalue weighted by atomic mass is 10.1. The van der Waals surface area contributed by atoms with Gasteiger partial charge in [-0.25, -0.2) is 4.98 Å². The molecule has 0 amide bonds. The molecular formula is C17H17BrN2O. The van der Waals surface area contributed by atoms with E-state index in [1.807, 2.05) is 31.2 Å². The summed E-state index contributed by atoms with van der Waals surface area (Å²) in [6.07, 6.45) is 1.05.